The van der Waals surface area contributed by atoms with E-state index in [1.807, 2.05) is 13.8 Å². The molecule has 4 heteroatoms. The molecule has 16 heavy (non-hydrogen) atoms. The molecule has 1 aromatic carbocycles. The zero-order chi connectivity index (χ0) is 12.1. The van der Waals surface area contributed by atoms with Crippen molar-refractivity contribution in [3.05, 3.63) is 29.6 Å². The van der Waals surface area contributed by atoms with Crippen molar-refractivity contribution < 1.29 is 9.18 Å². The van der Waals surface area contributed by atoms with Gasteiger partial charge in [-0.2, -0.15) is 0 Å². The van der Waals surface area contributed by atoms with Gasteiger partial charge in [0.05, 0.1) is 5.56 Å². The number of carbonyl (C=O) groups is 1. The first-order chi connectivity index (χ1) is 7.60. The summed E-state index contributed by atoms with van der Waals surface area (Å²) in [5, 5.41) is 0. The van der Waals surface area contributed by atoms with E-state index in [0.717, 1.165) is 6.42 Å². The fourth-order valence-corrected chi connectivity index (χ4v) is 1.55. The first-order valence-corrected chi connectivity index (χ1v) is 5.44. The number of hydrogen-bond donors (Lipinski definition) is 1. The van der Waals surface area contributed by atoms with Crippen LogP contribution in [0.3, 0.4) is 0 Å². The topological polar surface area (TPSA) is 46.3 Å². The van der Waals surface area contributed by atoms with Crippen molar-refractivity contribution in [2.24, 2.45) is 0 Å². The molecule has 1 rings (SSSR count). The predicted molar refractivity (Wildman–Crippen MR) is 62.7 cm³/mol. The molecule has 0 unspecified atom stereocenters. The number of hydrogen-bond acceptors (Lipinski definition) is 2. The van der Waals surface area contributed by atoms with Crippen LogP contribution in [0.15, 0.2) is 18.2 Å². The Morgan fingerprint density at radius 3 is 2.69 bits per heavy atom. The summed E-state index contributed by atoms with van der Waals surface area (Å²) >= 11 is 0. The molecule has 0 aliphatic rings. The van der Waals surface area contributed by atoms with Crippen molar-refractivity contribution in [3.63, 3.8) is 0 Å². The highest BCUT2D eigenvalue weighted by molar-refractivity contribution is 5.95. The van der Waals surface area contributed by atoms with E-state index in [2.05, 4.69) is 0 Å². The van der Waals surface area contributed by atoms with Crippen molar-refractivity contribution in [2.75, 3.05) is 18.8 Å². The number of nitrogens with zero attached hydrogens (tertiary/aromatic N) is 1. The number of amides is 1. The van der Waals surface area contributed by atoms with E-state index in [1.54, 1.807) is 4.90 Å². The number of anilines is 1. The summed E-state index contributed by atoms with van der Waals surface area (Å²) in [7, 11) is 0. The van der Waals surface area contributed by atoms with E-state index in [9.17, 15) is 9.18 Å². The fourth-order valence-electron chi connectivity index (χ4n) is 1.55. The van der Waals surface area contributed by atoms with Gasteiger partial charge in [0.1, 0.15) is 5.82 Å². The standard InChI is InChI=1S/C12H17FN2O/c1-3-7-15(4-2)12(16)10-8-9(14)5-6-11(10)13/h5-6,8H,3-4,7,14H2,1-2H3. The van der Waals surface area contributed by atoms with E-state index in [4.69, 9.17) is 5.73 Å². The van der Waals surface area contributed by atoms with Gasteiger partial charge < -0.3 is 10.6 Å². The molecule has 2 N–H and O–H groups in total. The third-order valence-corrected chi connectivity index (χ3v) is 2.38. The predicted octanol–water partition coefficient (Wildman–Crippen LogP) is 2.28. The molecule has 0 fully saturated rings. The first kappa shape index (κ1) is 12.5. The molecule has 0 saturated carbocycles. The molecule has 0 aromatic heterocycles. The quantitative estimate of drug-likeness (QED) is 0.797. The smallest absolute Gasteiger partial charge is 0.256 e. The highest BCUT2D eigenvalue weighted by atomic mass is 19.1. The lowest BCUT2D eigenvalue weighted by atomic mass is 10.1. The lowest BCUT2D eigenvalue weighted by Gasteiger charge is -2.20. The number of rotatable bonds is 4. The lowest BCUT2D eigenvalue weighted by molar-refractivity contribution is 0.0760. The molecule has 0 aliphatic heterocycles. The van der Waals surface area contributed by atoms with Crippen LogP contribution in [0.5, 0.6) is 0 Å². The highest BCUT2D eigenvalue weighted by Gasteiger charge is 2.17. The highest BCUT2D eigenvalue weighted by Crippen LogP contribution is 2.14. The normalized spacial score (nSPS) is 10.2. The average Bonchev–Trinajstić information content (AvgIpc) is 2.28. The first-order valence-electron chi connectivity index (χ1n) is 5.44. The van der Waals surface area contributed by atoms with Crippen molar-refractivity contribution in [3.8, 4) is 0 Å². The molecule has 1 aromatic rings. The van der Waals surface area contributed by atoms with Crippen LogP contribution in [-0.4, -0.2) is 23.9 Å². The van der Waals surface area contributed by atoms with Crippen LogP contribution in [0.25, 0.3) is 0 Å². The number of nitrogens with two attached hydrogens (primary N) is 1. The van der Waals surface area contributed by atoms with Gasteiger partial charge >= 0.3 is 0 Å². The third kappa shape index (κ3) is 2.72. The number of carbonyl (C=O) groups excluding carboxylic acids is 1. The maximum Gasteiger partial charge on any atom is 0.256 e. The SMILES string of the molecule is CCCN(CC)C(=O)c1cc(N)ccc1F. The van der Waals surface area contributed by atoms with Crippen LogP contribution >= 0.6 is 0 Å². The molecule has 0 spiro atoms. The monoisotopic (exact) mass is 224 g/mol. The van der Waals surface area contributed by atoms with E-state index < -0.39 is 5.82 Å². The molecule has 0 aliphatic carbocycles. The Labute approximate surface area is 95.0 Å². The van der Waals surface area contributed by atoms with Gasteiger partial charge in [-0.3, -0.25) is 4.79 Å². The van der Waals surface area contributed by atoms with Gasteiger partial charge in [0, 0.05) is 18.8 Å². The maximum atomic E-state index is 13.5. The van der Waals surface area contributed by atoms with Crippen LogP contribution in [0.4, 0.5) is 10.1 Å². The molecule has 1 amide bonds. The lowest BCUT2D eigenvalue weighted by Crippen LogP contribution is -2.32. The van der Waals surface area contributed by atoms with E-state index in [1.165, 1.54) is 18.2 Å². The summed E-state index contributed by atoms with van der Waals surface area (Å²) in [4.78, 5) is 13.6. The maximum absolute atomic E-state index is 13.5. The Bertz CT molecular complexity index is 379. The molecular weight excluding hydrogens is 207 g/mol. The summed E-state index contributed by atoms with van der Waals surface area (Å²) in [6, 6.07) is 4.06. The Morgan fingerprint density at radius 2 is 2.12 bits per heavy atom. The van der Waals surface area contributed by atoms with Gasteiger partial charge in [0.15, 0.2) is 0 Å². The number of halogens is 1. The molecular formula is C12H17FN2O. The Hall–Kier alpha value is -1.58. The number of nitrogen functional groups attached to an aromatic ring is 1. The third-order valence-electron chi connectivity index (χ3n) is 2.38. The summed E-state index contributed by atoms with van der Waals surface area (Å²) in [6.07, 6.45) is 0.851. The summed E-state index contributed by atoms with van der Waals surface area (Å²) in [6.45, 7) is 5.05. The van der Waals surface area contributed by atoms with Crippen LogP contribution in [0.1, 0.15) is 30.6 Å². The molecule has 3 nitrogen and oxygen atoms in total. The van der Waals surface area contributed by atoms with Crippen molar-refractivity contribution >= 4 is 11.6 Å². The minimum atomic E-state index is -0.520. The zero-order valence-corrected chi connectivity index (χ0v) is 9.66. The molecule has 0 saturated heterocycles. The van der Waals surface area contributed by atoms with Gasteiger partial charge in [-0.25, -0.2) is 4.39 Å². The Balaban J connectivity index is 2.98. The minimum absolute atomic E-state index is 0.0512. The molecule has 0 bridgehead atoms. The molecule has 0 heterocycles. The summed E-state index contributed by atoms with van der Waals surface area (Å²) < 4.78 is 13.5. The zero-order valence-electron chi connectivity index (χ0n) is 9.66. The summed E-state index contributed by atoms with van der Waals surface area (Å²) in [5.41, 5.74) is 5.99. The van der Waals surface area contributed by atoms with E-state index in [-0.39, 0.29) is 11.5 Å². The number of benzene rings is 1. The Morgan fingerprint density at radius 1 is 1.44 bits per heavy atom. The Kier molecular flexibility index (Phi) is 4.28. The van der Waals surface area contributed by atoms with Crippen molar-refractivity contribution in [1.29, 1.82) is 0 Å². The van der Waals surface area contributed by atoms with E-state index in [0.29, 0.717) is 18.8 Å². The van der Waals surface area contributed by atoms with Crippen LogP contribution in [0, 0.1) is 5.82 Å². The van der Waals surface area contributed by atoms with Crippen LogP contribution < -0.4 is 5.73 Å². The van der Waals surface area contributed by atoms with Crippen LogP contribution in [0.2, 0.25) is 0 Å². The molecule has 0 atom stereocenters. The van der Waals surface area contributed by atoms with Gasteiger partial charge in [-0.15, -0.1) is 0 Å². The molecule has 0 radical (unpaired) electrons. The van der Waals surface area contributed by atoms with Crippen LogP contribution in [-0.2, 0) is 0 Å². The largest absolute Gasteiger partial charge is 0.399 e. The minimum Gasteiger partial charge on any atom is -0.399 e. The van der Waals surface area contributed by atoms with E-state index >= 15 is 0 Å². The van der Waals surface area contributed by atoms with Gasteiger partial charge in [-0.1, -0.05) is 6.92 Å². The fraction of sp³-hybridized carbons (Fsp3) is 0.417. The summed E-state index contributed by atoms with van der Waals surface area (Å²) in [5.74, 6) is -0.817. The van der Waals surface area contributed by atoms with Gasteiger partial charge in [-0.05, 0) is 31.5 Å². The average molecular weight is 224 g/mol. The van der Waals surface area contributed by atoms with Crippen molar-refractivity contribution in [1.82, 2.24) is 4.90 Å². The van der Waals surface area contributed by atoms with Gasteiger partial charge in [0.25, 0.3) is 5.91 Å². The molecule has 88 valence electrons. The van der Waals surface area contributed by atoms with Crippen molar-refractivity contribution in [2.45, 2.75) is 20.3 Å². The van der Waals surface area contributed by atoms with Gasteiger partial charge in [0.2, 0.25) is 0 Å². The second kappa shape index (κ2) is 5.49. The second-order valence-corrected chi connectivity index (χ2v) is 3.62. The second-order valence-electron chi connectivity index (χ2n) is 3.62.